The van der Waals surface area contributed by atoms with Gasteiger partial charge in [-0.2, -0.15) is 0 Å². The standard InChI is InChI=1S/C17H20N4O4/c1-3-25-17(24)18-9-8-14(22)20-13-6-4-12(5-7-13)16-19-11(2)10-15(23)21-16/h4-7,10H,3,8-9H2,1-2H3,(H,18,24)(H,20,22)(H,19,21,23). The van der Waals surface area contributed by atoms with Crippen LogP contribution in [-0.4, -0.2) is 35.1 Å². The monoisotopic (exact) mass is 344 g/mol. The van der Waals surface area contributed by atoms with Crippen molar-refractivity contribution in [3.8, 4) is 11.4 Å². The third kappa shape index (κ3) is 5.76. The third-order valence-corrected chi connectivity index (χ3v) is 3.21. The molecule has 1 aromatic heterocycles. The molecule has 0 aliphatic heterocycles. The Hall–Kier alpha value is -3.16. The van der Waals surface area contributed by atoms with Crippen molar-refractivity contribution in [1.29, 1.82) is 0 Å². The quantitative estimate of drug-likeness (QED) is 0.740. The number of nitrogens with zero attached hydrogens (tertiary/aromatic N) is 1. The Labute approximate surface area is 144 Å². The highest BCUT2D eigenvalue weighted by molar-refractivity contribution is 5.91. The Morgan fingerprint density at radius 3 is 2.60 bits per heavy atom. The van der Waals surface area contributed by atoms with E-state index in [4.69, 9.17) is 4.74 Å². The van der Waals surface area contributed by atoms with Crippen LogP contribution in [0.4, 0.5) is 10.5 Å². The van der Waals surface area contributed by atoms with Crippen molar-refractivity contribution in [2.45, 2.75) is 20.3 Å². The topological polar surface area (TPSA) is 113 Å². The minimum Gasteiger partial charge on any atom is -0.450 e. The first-order valence-electron chi connectivity index (χ1n) is 7.87. The number of carbonyl (C=O) groups is 2. The fraction of sp³-hybridized carbons (Fsp3) is 0.294. The molecule has 132 valence electrons. The molecule has 0 saturated heterocycles. The second-order valence-electron chi connectivity index (χ2n) is 5.26. The summed E-state index contributed by atoms with van der Waals surface area (Å²) in [6, 6.07) is 8.36. The van der Waals surface area contributed by atoms with Crippen LogP contribution in [0.5, 0.6) is 0 Å². The first-order chi connectivity index (χ1) is 12.0. The van der Waals surface area contributed by atoms with Crippen molar-refractivity contribution in [1.82, 2.24) is 15.3 Å². The van der Waals surface area contributed by atoms with Crippen molar-refractivity contribution >= 4 is 17.7 Å². The SMILES string of the molecule is CCOC(=O)NCCC(=O)Nc1ccc(-c2nc(C)cc(=O)[nH]2)cc1. The van der Waals surface area contributed by atoms with Crippen molar-refractivity contribution < 1.29 is 14.3 Å². The fourth-order valence-electron chi connectivity index (χ4n) is 2.11. The van der Waals surface area contributed by atoms with E-state index in [1.54, 1.807) is 38.1 Å². The lowest BCUT2D eigenvalue weighted by atomic mass is 10.2. The molecule has 1 heterocycles. The Kier molecular flexibility index (Phi) is 6.27. The van der Waals surface area contributed by atoms with E-state index in [1.807, 2.05) is 0 Å². The van der Waals surface area contributed by atoms with Gasteiger partial charge in [-0.3, -0.25) is 9.59 Å². The number of aromatic nitrogens is 2. The van der Waals surface area contributed by atoms with Gasteiger partial charge in [-0.05, 0) is 38.1 Å². The van der Waals surface area contributed by atoms with Crippen LogP contribution in [0.3, 0.4) is 0 Å². The lowest BCUT2D eigenvalue weighted by Gasteiger charge is -2.08. The second kappa shape index (κ2) is 8.62. The van der Waals surface area contributed by atoms with Gasteiger partial charge in [-0.1, -0.05) is 0 Å². The van der Waals surface area contributed by atoms with E-state index in [0.717, 1.165) is 5.56 Å². The molecule has 0 radical (unpaired) electrons. The summed E-state index contributed by atoms with van der Waals surface area (Å²) in [4.78, 5) is 41.4. The molecular weight excluding hydrogens is 324 g/mol. The fourth-order valence-corrected chi connectivity index (χ4v) is 2.11. The summed E-state index contributed by atoms with van der Waals surface area (Å²) in [6.45, 7) is 3.93. The zero-order valence-corrected chi connectivity index (χ0v) is 14.1. The van der Waals surface area contributed by atoms with Gasteiger partial charge in [0.25, 0.3) is 5.56 Å². The van der Waals surface area contributed by atoms with E-state index in [9.17, 15) is 14.4 Å². The maximum absolute atomic E-state index is 11.8. The van der Waals surface area contributed by atoms with E-state index in [-0.39, 0.29) is 31.0 Å². The van der Waals surface area contributed by atoms with E-state index in [2.05, 4.69) is 20.6 Å². The van der Waals surface area contributed by atoms with Crippen LogP contribution in [0.25, 0.3) is 11.4 Å². The van der Waals surface area contributed by atoms with Crippen LogP contribution in [0, 0.1) is 6.92 Å². The van der Waals surface area contributed by atoms with Crippen LogP contribution >= 0.6 is 0 Å². The number of H-pyrrole nitrogens is 1. The van der Waals surface area contributed by atoms with Gasteiger partial charge in [0.15, 0.2) is 0 Å². The Bertz CT molecular complexity index is 799. The van der Waals surface area contributed by atoms with Crippen molar-refractivity contribution in [2.75, 3.05) is 18.5 Å². The predicted octanol–water partition coefficient (Wildman–Crippen LogP) is 1.82. The van der Waals surface area contributed by atoms with Crippen LogP contribution < -0.4 is 16.2 Å². The molecule has 8 heteroatoms. The lowest BCUT2D eigenvalue weighted by Crippen LogP contribution is -2.28. The summed E-state index contributed by atoms with van der Waals surface area (Å²) in [6.07, 6.45) is -0.410. The molecule has 1 aromatic carbocycles. The molecule has 8 nitrogen and oxygen atoms in total. The molecule has 0 fully saturated rings. The van der Waals surface area contributed by atoms with Gasteiger partial charge in [-0.25, -0.2) is 9.78 Å². The van der Waals surface area contributed by atoms with E-state index in [1.165, 1.54) is 6.07 Å². The molecule has 3 N–H and O–H groups in total. The number of benzene rings is 1. The zero-order chi connectivity index (χ0) is 18.2. The molecule has 0 spiro atoms. The predicted molar refractivity (Wildman–Crippen MR) is 93.3 cm³/mol. The number of hydrogen-bond acceptors (Lipinski definition) is 5. The molecule has 0 aliphatic rings. The number of nitrogens with one attached hydrogen (secondary N) is 3. The molecule has 0 unspecified atom stereocenters. The molecule has 2 rings (SSSR count). The normalized spacial score (nSPS) is 10.2. The molecular formula is C17H20N4O4. The summed E-state index contributed by atoms with van der Waals surface area (Å²) in [5, 5.41) is 5.20. The summed E-state index contributed by atoms with van der Waals surface area (Å²) in [5.74, 6) is 0.244. The Balaban J connectivity index is 1.90. The van der Waals surface area contributed by atoms with Crippen LogP contribution in [0.2, 0.25) is 0 Å². The number of carbonyl (C=O) groups excluding carboxylic acids is 2. The van der Waals surface area contributed by atoms with Crippen LogP contribution in [0.1, 0.15) is 19.0 Å². The summed E-state index contributed by atoms with van der Waals surface area (Å²) >= 11 is 0. The summed E-state index contributed by atoms with van der Waals surface area (Å²) in [7, 11) is 0. The second-order valence-corrected chi connectivity index (χ2v) is 5.26. The van der Waals surface area contributed by atoms with Gasteiger partial charge in [0.1, 0.15) is 5.82 Å². The first kappa shape index (κ1) is 18.2. The first-order valence-corrected chi connectivity index (χ1v) is 7.87. The average Bonchev–Trinajstić information content (AvgIpc) is 2.55. The number of aromatic amines is 1. The smallest absolute Gasteiger partial charge is 0.407 e. The average molecular weight is 344 g/mol. The highest BCUT2D eigenvalue weighted by Crippen LogP contribution is 2.17. The molecule has 2 amide bonds. The molecule has 0 saturated carbocycles. The largest absolute Gasteiger partial charge is 0.450 e. The van der Waals surface area contributed by atoms with Crippen LogP contribution in [-0.2, 0) is 9.53 Å². The minimum atomic E-state index is -0.542. The Morgan fingerprint density at radius 2 is 1.96 bits per heavy atom. The van der Waals surface area contributed by atoms with E-state index < -0.39 is 6.09 Å². The van der Waals surface area contributed by atoms with Gasteiger partial charge in [0.05, 0.1) is 6.61 Å². The number of alkyl carbamates (subject to hydrolysis) is 1. The van der Waals surface area contributed by atoms with Crippen molar-refractivity contribution in [3.63, 3.8) is 0 Å². The number of ether oxygens (including phenoxy) is 1. The number of aryl methyl sites for hydroxylation is 1. The van der Waals surface area contributed by atoms with E-state index in [0.29, 0.717) is 17.2 Å². The van der Waals surface area contributed by atoms with Crippen molar-refractivity contribution in [2.24, 2.45) is 0 Å². The lowest BCUT2D eigenvalue weighted by molar-refractivity contribution is -0.116. The number of anilines is 1. The van der Waals surface area contributed by atoms with Gasteiger partial charge >= 0.3 is 6.09 Å². The zero-order valence-electron chi connectivity index (χ0n) is 14.1. The molecule has 25 heavy (non-hydrogen) atoms. The van der Waals surface area contributed by atoms with E-state index >= 15 is 0 Å². The maximum Gasteiger partial charge on any atom is 0.407 e. The number of hydrogen-bond donors (Lipinski definition) is 3. The van der Waals surface area contributed by atoms with Gasteiger partial charge in [0, 0.05) is 36.0 Å². The molecule has 0 atom stereocenters. The van der Waals surface area contributed by atoms with Crippen LogP contribution in [0.15, 0.2) is 35.1 Å². The number of amides is 2. The molecule has 0 aliphatic carbocycles. The van der Waals surface area contributed by atoms with Gasteiger partial charge in [0.2, 0.25) is 5.91 Å². The summed E-state index contributed by atoms with van der Waals surface area (Å²) in [5.41, 5.74) is 1.77. The number of rotatable bonds is 6. The minimum absolute atomic E-state index is 0.132. The highest BCUT2D eigenvalue weighted by atomic mass is 16.5. The maximum atomic E-state index is 11.8. The van der Waals surface area contributed by atoms with Gasteiger partial charge in [-0.15, -0.1) is 0 Å². The summed E-state index contributed by atoms with van der Waals surface area (Å²) < 4.78 is 4.70. The van der Waals surface area contributed by atoms with Crippen molar-refractivity contribution in [3.05, 3.63) is 46.4 Å². The van der Waals surface area contributed by atoms with Gasteiger partial charge < -0.3 is 20.4 Å². The highest BCUT2D eigenvalue weighted by Gasteiger charge is 2.06. The molecule has 0 bridgehead atoms. The third-order valence-electron chi connectivity index (χ3n) is 3.21. The Morgan fingerprint density at radius 1 is 1.24 bits per heavy atom. The molecule has 2 aromatic rings.